The summed E-state index contributed by atoms with van der Waals surface area (Å²) < 4.78 is 7.49. The molecule has 0 radical (unpaired) electrons. The fourth-order valence-corrected chi connectivity index (χ4v) is 8.36. The van der Waals surface area contributed by atoms with Gasteiger partial charge in [-0.1, -0.05) is 54.4 Å². The van der Waals surface area contributed by atoms with Gasteiger partial charge in [-0.05, 0) is 110 Å². The second kappa shape index (κ2) is 13.9. The van der Waals surface area contributed by atoms with Crippen LogP contribution in [0.2, 0.25) is 0 Å². The molecule has 0 aliphatic heterocycles. The van der Waals surface area contributed by atoms with Crippen LogP contribution in [0.5, 0.6) is 0 Å². The Morgan fingerprint density at radius 1 is 0.882 bits per heavy atom. The predicted octanol–water partition coefficient (Wildman–Crippen LogP) is 7.46. The van der Waals surface area contributed by atoms with E-state index in [-0.39, 0.29) is 11.8 Å². The third-order valence-corrected chi connectivity index (χ3v) is 9.96. The minimum Gasteiger partial charge on any atom is -0.477 e. The average molecular weight is 503 g/mol. The predicted molar refractivity (Wildman–Crippen MR) is 143 cm³/mol. The maximum Gasteiger partial charge on any atom is 0.364 e. The first kappa shape index (κ1) is 31.7. The van der Waals surface area contributed by atoms with Gasteiger partial charge in [0.15, 0.2) is 0 Å². The molecule has 5 nitrogen and oxygen atoms in total. The summed E-state index contributed by atoms with van der Waals surface area (Å²) in [7, 11) is 0. The van der Waals surface area contributed by atoms with Crippen molar-refractivity contribution in [1.82, 2.24) is 0 Å². The zero-order chi connectivity index (χ0) is 26.2. The monoisotopic (exact) mass is 502 g/mol. The van der Waals surface area contributed by atoms with Crippen LogP contribution in [0.1, 0.15) is 119 Å². The van der Waals surface area contributed by atoms with Gasteiger partial charge in [0.1, 0.15) is 0 Å². The van der Waals surface area contributed by atoms with Crippen molar-refractivity contribution >= 4 is 18.0 Å². The number of rotatable bonds is 4. The molecule has 4 N–H and O–H groups in total. The molecule has 0 aromatic carbocycles. The fraction of sp³-hybridized carbons (Fsp3) is 0.964. The number of hydrogen-bond acceptors (Lipinski definition) is 5. The molecule has 0 aromatic rings. The summed E-state index contributed by atoms with van der Waals surface area (Å²) in [5.41, 5.74) is 0.808. The quantitative estimate of drug-likeness (QED) is 0.235. The van der Waals surface area contributed by atoms with E-state index in [0.717, 1.165) is 42.1 Å². The van der Waals surface area contributed by atoms with Crippen molar-refractivity contribution in [3.63, 3.8) is 0 Å². The summed E-state index contributed by atoms with van der Waals surface area (Å²) in [6.45, 7) is 13.0. The van der Waals surface area contributed by atoms with E-state index in [9.17, 15) is 15.0 Å². The minimum atomic E-state index is -2.57. The molecule has 34 heavy (non-hydrogen) atoms. The van der Waals surface area contributed by atoms with Crippen molar-refractivity contribution in [2.75, 3.05) is 6.26 Å². The fourth-order valence-electron chi connectivity index (χ4n) is 8.36. The smallest absolute Gasteiger partial charge is 0.364 e. The van der Waals surface area contributed by atoms with Gasteiger partial charge in [0.2, 0.25) is 0 Å². The molecule has 6 heteroatoms. The Hall–Kier alpha value is -0.300. The van der Waals surface area contributed by atoms with Gasteiger partial charge in [-0.3, -0.25) is 0 Å². The Morgan fingerprint density at radius 2 is 1.47 bits per heavy atom. The molecule has 4 saturated carbocycles. The zero-order valence-corrected chi connectivity index (χ0v) is 23.8. The van der Waals surface area contributed by atoms with Crippen molar-refractivity contribution in [2.24, 2.45) is 40.4 Å². The van der Waals surface area contributed by atoms with E-state index in [2.05, 4.69) is 13.8 Å². The molecule has 4 aliphatic carbocycles. The van der Waals surface area contributed by atoms with Crippen molar-refractivity contribution in [1.29, 1.82) is 0 Å². The van der Waals surface area contributed by atoms with Gasteiger partial charge in [-0.25, -0.2) is 4.79 Å². The third-order valence-electron chi connectivity index (χ3n) is 9.96. The van der Waals surface area contributed by atoms with Crippen LogP contribution in [0, 0.1) is 40.4 Å². The lowest BCUT2D eigenvalue weighted by Crippen LogP contribution is -2.52. The van der Waals surface area contributed by atoms with E-state index in [1.165, 1.54) is 57.8 Å². The molecule has 7 atom stereocenters. The highest BCUT2D eigenvalue weighted by Crippen LogP contribution is 2.67. The van der Waals surface area contributed by atoms with Gasteiger partial charge in [0, 0.05) is 12.7 Å². The molecule has 4 rings (SSSR count). The first-order chi connectivity index (χ1) is 16.1. The maximum absolute atomic E-state index is 11.0. The molecule has 4 aliphatic rings. The van der Waals surface area contributed by atoms with E-state index >= 15 is 0 Å². The van der Waals surface area contributed by atoms with Crippen LogP contribution in [0.15, 0.2) is 0 Å². The first-order valence-corrected chi connectivity index (χ1v) is 15.1. The highest BCUT2D eigenvalue weighted by Gasteiger charge is 2.59. The van der Waals surface area contributed by atoms with E-state index in [4.69, 9.17) is 9.66 Å². The number of carboxylic acid groups (broad SMARTS) is 1. The van der Waals surface area contributed by atoms with Gasteiger partial charge in [0.05, 0.1) is 0 Å². The largest absolute Gasteiger partial charge is 0.477 e. The third kappa shape index (κ3) is 6.52. The van der Waals surface area contributed by atoms with E-state index in [0.29, 0.717) is 17.8 Å². The molecule has 4 fully saturated rings. The average Bonchev–Trinajstić information content (AvgIpc) is 3.17. The zero-order valence-electron chi connectivity index (χ0n) is 23.0. The second-order valence-corrected chi connectivity index (χ2v) is 11.4. The molecule has 0 spiro atoms. The summed E-state index contributed by atoms with van der Waals surface area (Å²) in [6.07, 6.45) is 15.6. The van der Waals surface area contributed by atoms with Gasteiger partial charge >= 0.3 is 5.97 Å². The summed E-state index contributed by atoms with van der Waals surface area (Å²) in [5.74, 6) is -0.263. The molecular weight excluding hydrogens is 448 g/mol. The molecule has 0 amide bonds. The maximum atomic E-state index is 11.0. The van der Waals surface area contributed by atoms with Crippen LogP contribution >= 0.6 is 12.0 Å². The first-order valence-electron chi connectivity index (χ1n) is 14.0. The van der Waals surface area contributed by atoms with E-state index < -0.39 is 11.8 Å². The van der Waals surface area contributed by atoms with Crippen molar-refractivity contribution in [3.05, 3.63) is 0 Å². The molecule has 0 aromatic heterocycles. The summed E-state index contributed by atoms with van der Waals surface area (Å²) >= 11 is 0.750. The Labute approximate surface area is 213 Å². The highest BCUT2D eigenvalue weighted by atomic mass is 32.2. The standard InChI is InChI=1S/C23H38O4.2C2H6.CH4OS/c1-21-12-4-3-5-15(21)6-8-17-18-9-7-16(10-14-23(26,27)20(24)25)22(18,2)13-11-19(17)21;2*1-2;1-3-2/h15-19,26-27H,3-14H2,1-2H3,(H,24,25);2*1-2H3;2H,1H3. The van der Waals surface area contributed by atoms with Crippen LogP contribution in [-0.2, 0) is 4.79 Å². The Bertz CT molecular complexity index is 612. The SMILES string of the molecule is CC.CC.CC12CCCCC1CCC1C2CCC2(C)C(CCC(O)(O)C(=O)O)CCC12.CSO. The molecular formula is C28H54O5S. The van der Waals surface area contributed by atoms with Crippen LogP contribution < -0.4 is 0 Å². The van der Waals surface area contributed by atoms with Crippen LogP contribution in [0.3, 0.4) is 0 Å². The Kier molecular flexibility index (Phi) is 12.9. The summed E-state index contributed by atoms with van der Waals surface area (Å²) in [6, 6.07) is 0. The van der Waals surface area contributed by atoms with Gasteiger partial charge in [0.25, 0.3) is 5.79 Å². The van der Waals surface area contributed by atoms with Crippen LogP contribution in [0.25, 0.3) is 0 Å². The number of fused-ring (bicyclic) bond motifs is 5. The molecule has 0 saturated heterocycles. The second-order valence-electron chi connectivity index (χ2n) is 11.1. The van der Waals surface area contributed by atoms with Gasteiger partial charge in [-0.2, -0.15) is 0 Å². The lowest BCUT2D eigenvalue weighted by Gasteiger charge is -2.60. The van der Waals surface area contributed by atoms with E-state index in [1.807, 2.05) is 27.7 Å². The lowest BCUT2D eigenvalue weighted by molar-refractivity contribution is -0.207. The Morgan fingerprint density at radius 3 is 2.06 bits per heavy atom. The summed E-state index contributed by atoms with van der Waals surface area (Å²) in [4.78, 5) is 11.0. The molecule has 202 valence electrons. The summed E-state index contributed by atoms with van der Waals surface area (Å²) in [5, 5.41) is 28.5. The van der Waals surface area contributed by atoms with Crippen molar-refractivity contribution in [2.45, 2.75) is 124 Å². The molecule has 0 bridgehead atoms. The number of carbonyl (C=O) groups is 1. The number of aliphatic carboxylic acids is 1. The van der Waals surface area contributed by atoms with Crippen LogP contribution in [-0.4, -0.2) is 37.9 Å². The van der Waals surface area contributed by atoms with Crippen molar-refractivity contribution in [3.8, 4) is 0 Å². The Balaban J connectivity index is 0.000000750. The normalized spacial score (nSPS) is 38.2. The lowest BCUT2D eigenvalue weighted by atomic mass is 9.45. The van der Waals surface area contributed by atoms with Crippen molar-refractivity contribution < 1.29 is 24.7 Å². The van der Waals surface area contributed by atoms with E-state index in [1.54, 1.807) is 6.26 Å². The number of hydrogen-bond donors (Lipinski definition) is 4. The molecule has 7 unspecified atom stereocenters. The molecule has 0 heterocycles. The van der Waals surface area contributed by atoms with Crippen LogP contribution in [0.4, 0.5) is 0 Å². The van der Waals surface area contributed by atoms with Gasteiger partial charge in [-0.15, -0.1) is 0 Å². The number of aliphatic hydroxyl groups is 2. The highest BCUT2D eigenvalue weighted by molar-refractivity contribution is 7.93. The number of carboxylic acids is 1. The topological polar surface area (TPSA) is 98.0 Å². The van der Waals surface area contributed by atoms with Gasteiger partial charge < -0.3 is 19.9 Å². The minimum absolute atomic E-state index is 0.0524.